The average Bonchev–Trinajstić information content (AvgIpc) is 3.11. The molecule has 1 aromatic rings. The van der Waals surface area contributed by atoms with Crippen LogP contribution in [0.5, 0.6) is 5.75 Å². The van der Waals surface area contributed by atoms with Gasteiger partial charge in [-0.15, -0.1) is 0 Å². The molecule has 1 fully saturated rings. The van der Waals surface area contributed by atoms with Gasteiger partial charge in [-0.3, -0.25) is 0 Å². The van der Waals surface area contributed by atoms with Gasteiger partial charge in [0.1, 0.15) is 12.3 Å². The summed E-state index contributed by atoms with van der Waals surface area (Å²) in [5.74, 6) is 0.435. The summed E-state index contributed by atoms with van der Waals surface area (Å²) in [6, 6.07) is 4.78. The molecule has 2 N–H and O–H groups in total. The molecule has 2 rings (SSSR count). The molecule has 0 spiro atoms. The Morgan fingerprint density at radius 2 is 2.00 bits per heavy atom. The summed E-state index contributed by atoms with van der Waals surface area (Å²) >= 11 is 0. The molecule has 1 saturated carbocycles. The van der Waals surface area contributed by atoms with Gasteiger partial charge in [-0.2, -0.15) is 13.2 Å². The molecule has 20 heavy (non-hydrogen) atoms. The zero-order chi connectivity index (χ0) is 14.9. The fourth-order valence-corrected chi connectivity index (χ4v) is 2.07. The maximum absolute atomic E-state index is 12.7. The Bertz CT molecular complexity index is 470. The summed E-state index contributed by atoms with van der Waals surface area (Å²) in [5.41, 5.74) is 6.74. The predicted molar refractivity (Wildman–Crippen MR) is 73.0 cm³/mol. The summed E-state index contributed by atoms with van der Waals surface area (Å²) < 4.78 is 43.5. The normalized spacial score (nSPS) is 15.5. The Hall–Kier alpha value is -1.59. The van der Waals surface area contributed by atoms with E-state index in [1.807, 2.05) is 13.8 Å². The van der Waals surface area contributed by atoms with Gasteiger partial charge in [-0.1, -0.05) is 0 Å². The number of benzene rings is 1. The van der Waals surface area contributed by atoms with Crippen LogP contribution in [0, 0.1) is 0 Å². The number of nitrogens with zero attached hydrogens (tertiary/aromatic N) is 1. The zero-order valence-electron chi connectivity index (χ0n) is 11.6. The van der Waals surface area contributed by atoms with Gasteiger partial charge < -0.3 is 15.4 Å². The van der Waals surface area contributed by atoms with E-state index in [4.69, 9.17) is 10.5 Å². The predicted octanol–water partition coefficient (Wildman–Crippen LogP) is 3.59. The van der Waals surface area contributed by atoms with E-state index in [1.165, 1.54) is 4.90 Å². The molecule has 1 aliphatic carbocycles. The van der Waals surface area contributed by atoms with E-state index in [9.17, 15) is 13.2 Å². The van der Waals surface area contributed by atoms with Gasteiger partial charge in [-0.05, 0) is 38.8 Å². The molecule has 0 amide bonds. The van der Waals surface area contributed by atoms with Crippen LogP contribution in [0.25, 0.3) is 0 Å². The van der Waals surface area contributed by atoms with Crippen LogP contribution in [-0.4, -0.2) is 24.9 Å². The number of alkyl halides is 3. The Morgan fingerprint density at radius 1 is 1.35 bits per heavy atom. The number of nitrogens with two attached hydrogens (primary N) is 1. The van der Waals surface area contributed by atoms with Crippen LogP contribution in [0.1, 0.15) is 26.7 Å². The first kappa shape index (κ1) is 14.8. The average molecular weight is 288 g/mol. The second kappa shape index (κ2) is 5.42. The van der Waals surface area contributed by atoms with Crippen molar-refractivity contribution in [2.45, 2.75) is 45.0 Å². The van der Waals surface area contributed by atoms with Gasteiger partial charge >= 0.3 is 6.18 Å². The van der Waals surface area contributed by atoms with Crippen LogP contribution in [0.15, 0.2) is 18.2 Å². The van der Waals surface area contributed by atoms with E-state index in [0.717, 1.165) is 12.8 Å². The lowest BCUT2D eigenvalue weighted by Gasteiger charge is -2.26. The third-order valence-electron chi connectivity index (χ3n) is 3.03. The van der Waals surface area contributed by atoms with E-state index in [-0.39, 0.29) is 12.1 Å². The van der Waals surface area contributed by atoms with Gasteiger partial charge in [0.05, 0.1) is 11.8 Å². The quantitative estimate of drug-likeness (QED) is 0.842. The van der Waals surface area contributed by atoms with Crippen LogP contribution in [0.4, 0.5) is 24.5 Å². The smallest absolute Gasteiger partial charge is 0.405 e. The number of ether oxygens (including phenoxy) is 1. The highest BCUT2D eigenvalue weighted by molar-refractivity contribution is 5.63. The topological polar surface area (TPSA) is 38.5 Å². The van der Waals surface area contributed by atoms with Crippen LogP contribution in [-0.2, 0) is 0 Å². The van der Waals surface area contributed by atoms with Crippen molar-refractivity contribution in [2.24, 2.45) is 0 Å². The number of halogens is 3. The highest BCUT2D eigenvalue weighted by Crippen LogP contribution is 2.37. The van der Waals surface area contributed by atoms with Crippen molar-refractivity contribution < 1.29 is 17.9 Å². The van der Waals surface area contributed by atoms with Crippen molar-refractivity contribution in [1.82, 2.24) is 0 Å². The zero-order valence-corrected chi connectivity index (χ0v) is 11.6. The lowest BCUT2D eigenvalue weighted by atomic mass is 10.2. The molecule has 1 aliphatic rings. The number of hydrogen-bond donors (Lipinski definition) is 1. The molecule has 0 atom stereocenters. The van der Waals surface area contributed by atoms with Crippen molar-refractivity contribution >= 4 is 11.4 Å². The molecule has 3 nitrogen and oxygen atoms in total. The first-order chi connectivity index (χ1) is 9.26. The van der Waals surface area contributed by atoms with Crippen molar-refractivity contribution in [3.05, 3.63) is 18.2 Å². The molecule has 1 aromatic carbocycles. The molecule has 6 heteroatoms. The largest absolute Gasteiger partial charge is 0.489 e. The molecule has 0 unspecified atom stereocenters. The minimum absolute atomic E-state index is 0.0350. The van der Waals surface area contributed by atoms with Crippen molar-refractivity contribution in [3.8, 4) is 5.75 Å². The van der Waals surface area contributed by atoms with E-state index >= 15 is 0 Å². The van der Waals surface area contributed by atoms with Crippen molar-refractivity contribution in [2.75, 3.05) is 17.2 Å². The molecule has 0 aromatic heterocycles. The molecular weight excluding hydrogens is 269 g/mol. The molecule has 0 heterocycles. The Labute approximate surface area is 116 Å². The first-order valence-electron chi connectivity index (χ1n) is 6.66. The summed E-state index contributed by atoms with van der Waals surface area (Å²) in [6.07, 6.45) is -2.71. The van der Waals surface area contributed by atoms with Crippen LogP contribution in [0.2, 0.25) is 0 Å². The van der Waals surface area contributed by atoms with Gasteiger partial charge in [0.25, 0.3) is 0 Å². The fourth-order valence-electron chi connectivity index (χ4n) is 2.07. The molecule has 0 saturated heterocycles. The molecular formula is C14H19F3N2O. The molecule has 0 radical (unpaired) electrons. The van der Waals surface area contributed by atoms with Gasteiger partial charge in [0.15, 0.2) is 0 Å². The molecule has 0 aliphatic heterocycles. The van der Waals surface area contributed by atoms with Crippen LogP contribution >= 0.6 is 0 Å². The minimum Gasteiger partial charge on any atom is -0.489 e. The summed E-state index contributed by atoms with van der Waals surface area (Å²) in [5, 5.41) is 0. The van der Waals surface area contributed by atoms with E-state index in [0.29, 0.717) is 17.1 Å². The van der Waals surface area contributed by atoms with Crippen LogP contribution < -0.4 is 15.4 Å². The second-order valence-corrected chi connectivity index (χ2v) is 5.36. The van der Waals surface area contributed by atoms with Gasteiger partial charge in [0.2, 0.25) is 0 Å². The fraction of sp³-hybridized carbons (Fsp3) is 0.571. The monoisotopic (exact) mass is 288 g/mol. The summed E-state index contributed by atoms with van der Waals surface area (Å²) in [4.78, 5) is 1.38. The van der Waals surface area contributed by atoms with Gasteiger partial charge in [0, 0.05) is 17.8 Å². The SMILES string of the molecule is CC(C)Oc1cc(N(CC(F)(F)F)C2CC2)ccc1N. The van der Waals surface area contributed by atoms with Crippen molar-refractivity contribution in [3.63, 3.8) is 0 Å². The Morgan fingerprint density at radius 3 is 2.50 bits per heavy atom. The highest BCUT2D eigenvalue weighted by Gasteiger charge is 2.38. The highest BCUT2D eigenvalue weighted by atomic mass is 19.4. The van der Waals surface area contributed by atoms with Crippen LogP contribution in [0.3, 0.4) is 0 Å². The second-order valence-electron chi connectivity index (χ2n) is 5.36. The maximum Gasteiger partial charge on any atom is 0.405 e. The Kier molecular flexibility index (Phi) is 4.01. The lowest BCUT2D eigenvalue weighted by molar-refractivity contribution is -0.120. The maximum atomic E-state index is 12.7. The number of anilines is 2. The lowest BCUT2D eigenvalue weighted by Crippen LogP contribution is -2.36. The van der Waals surface area contributed by atoms with E-state index < -0.39 is 12.7 Å². The van der Waals surface area contributed by atoms with E-state index in [1.54, 1.807) is 18.2 Å². The number of hydrogen-bond acceptors (Lipinski definition) is 3. The standard InChI is InChI=1S/C14H19F3N2O/c1-9(2)20-13-7-11(5-6-12(13)18)19(10-3-4-10)8-14(15,16)17/h5-7,9-10H,3-4,8,18H2,1-2H3. The number of nitrogen functional groups attached to an aromatic ring is 1. The summed E-state index contributed by atoms with van der Waals surface area (Å²) in [7, 11) is 0. The summed E-state index contributed by atoms with van der Waals surface area (Å²) in [6.45, 7) is 2.75. The first-order valence-corrected chi connectivity index (χ1v) is 6.66. The molecule has 0 bridgehead atoms. The Balaban J connectivity index is 2.24. The minimum atomic E-state index is -4.22. The van der Waals surface area contributed by atoms with Gasteiger partial charge in [-0.25, -0.2) is 0 Å². The van der Waals surface area contributed by atoms with Crippen molar-refractivity contribution in [1.29, 1.82) is 0 Å². The number of rotatable bonds is 5. The third-order valence-corrected chi connectivity index (χ3v) is 3.03. The third kappa shape index (κ3) is 3.95. The van der Waals surface area contributed by atoms with E-state index in [2.05, 4.69) is 0 Å². The molecule has 112 valence electrons.